The number of nitrogens with two attached hydrogens (primary N) is 1. The molecule has 0 spiro atoms. The minimum atomic E-state index is -3.89. The first-order valence-corrected chi connectivity index (χ1v) is 7.92. The minimum absolute atomic E-state index is 0.200. The molecular formula is C13H17FN4O2S. The molecule has 0 amide bonds. The Balaban J connectivity index is 1.95. The van der Waals surface area contributed by atoms with Crippen LogP contribution in [0.4, 0.5) is 10.1 Å². The van der Waals surface area contributed by atoms with E-state index in [1.54, 1.807) is 6.20 Å². The molecule has 0 radical (unpaired) electrons. The maximum absolute atomic E-state index is 13.6. The van der Waals surface area contributed by atoms with Gasteiger partial charge in [0.15, 0.2) is 0 Å². The molecule has 6 nitrogen and oxygen atoms in total. The Labute approximate surface area is 122 Å². The average molecular weight is 312 g/mol. The van der Waals surface area contributed by atoms with Crippen LogP contribution in [0, 0.1) is 12.7 Å². The third kappa shape index (κ3) is 3.79. The molecule has 4 N–H and O–H groups in total. The fraction of sp³-hybridized carbons (Fsp3) is 0.308. The summed E-state index contributed by atoms with van der Waals surface area (Å²) in [5.41, 5.74) is 7.68. The van der Waals surface area contributed by atoms with Gasteiger partial charge in [0, 0.05) is 17.9 Å². The highest BCUT2D eigenvalue weighted by atomic mass is 32.2. The van der Waals surface area contributed by atoms with Crippen LogP contribution in [0.5, 0.6) is 0 Å². The summed E-state index contributed by atoms with van der Waals surface area (Å²) >= 11 is 0. The standard InChI is InChI=1S/C13H17FN4O2S/c1-9-10(8-16-18-9)3-2-6-17-21(19,20)13-7-11(15)4-5-12(13)14/h4-5,7-8,17H,2-3,6,15H2,1H3,(H,16,18). The van der Waals surface area contributed by atoms with Gasteiger partial charge in [0.2, 0.25) is 10.0 Å². The summed E-state index contributed by atoms with van der Waals surface area (Å²) < 4.78 is 40.0. The van der Waals surface area contributed by atoms with Gasteiger partial charge in [-0.25, -0.2) is 17.5 Å². The molecule has 0 saturated carbocycles. The highest BCUT2D eigenvalue weighted by molar-refractivity contribution is 7.89. The number of rotatable bonds is 6. The molecule has 0 aliphatic heterocycles. The lowest BCUT2D eigenvalue weighted by Crippen LogP contribution is -2.26. The summed E-state index contributed by atoms with van der Waals surface area (Å²) in [7, 11) is -3.89. The van der Waals surface area contributed by atoms with Crippen molar-refractivity contribution in [2.45, 2.75) is 24.7 Å². The second-order valence-corrected chi connectivity index (χ2v) is 6.45. The van der Waals surface area contributed by atoms with Gasteiger partial charge in [0.1, 0.15) is 10.7 Å². The fourth-order valence-corrected chi connectivity index (χ4v) is 3.10. The number of benzene rings is 1. The number of hydrogen-bond donors (Lipinski definition) is 3. The van der Waals surface area contributed by atoms with Crippen LogP contribution >= 0.6 is 0 Å². The number of halogens is 1. The van der Waals surface area contributed by atoms with E-state index >= 15 is 0 Å². The molecular weight excluding hydrogens is 295 g/mol. The van der Waals surface area contributed by atoms with Crippen LogP contribution in [0.15, 0.2) is 29.3 Å². The third-order valence-corrected chi connectivity index (χ3v) is 4.57. The summed E-state index contributed by atoms with van der Waals surface area (Å²) in [6, 6.07) is 3.46. The number of aryl methyl sites for hydroxylation is 2. The number of hydrogen-bond acceptors (Lipinski definition) is 4. The van der Waals surface area contributed by atoms with Crippen molar-refractivity contribution in [2.24, 2.45) is 0 Å². The first-order chi connectivity index (χ1) is 9.90. The Hall–Kier alpha value is -1.93. The Morgan fingerprint density at radius 1 is 1.43 bits per heavy atom. The van der Waals surface area contributed by atoms with Gasteiger partial charge in [-0.05, 0) is 43.5 Å². The molecule has 21 heavy (non-hydrogen) atoms. The molecule has 8 heteroatoms. The topological polar surface area (TPSA) is 101 Å². The molecule has 114 valence electrons. The number of H-pyrrole nitrogens is 1. The molecule has 1 aromatic carbocycles. The van der Waals surface area contributed by atoms with Gasteiger partial charge in [-0.3, -0.25) is 5.10 Å². The maximum atomic E-state index is 13.6. The van der Waals surface area contributed by atoms with Crippen LogP contribution in [-0.4, -0.2) is 25.2 Å². The van der Waals surface area contributed by atoms with Crippen molar-refractivity contribution in [2.75, 3.05) is 12.3 Å². The fourth-order valence-electron chi connectivity index (χ4n) is 1.92. The smallest absolute Gasteiger partial charge is 0.243 e. The molecule has 0 bridgehead atoms. The first-order valence-electron chi connectivity index (χ1n) is 6.43. The van der Waals surface area contributed by atoms with Gasteiger partial charge >= 0.3 is 0 Å². The number of nitrogens with one attached hydrogen (secondary N) is 2. The maximum Gasteiger partial charge on any atom is 0.243 e. The van der Waals surface area contributed by atoms with Crippen molar-refractivity contribution in [1.82, 2.24) is 14.9 Å². The number of anilines is 1. The van der Waals surface area contributed by atoms with Crippen LogP contribution in [0.2, 0.25) is 0 Å². The lowest BCUT2D eigenvalue weighted by Gasteiger charge is -2.08. The second-order valence-electron chi connectivity index (χ2n) is 4.71. The van der Waals surface area contributed by atoms with Crippen molar-refractivity contribution in [3.8, 4) is 0 Å². The Morgan fingerprint density at radius 2 is 2.19 bits per heavy atom. The van der Waals surface area contributed by atoms with Crippen LogP contribution < -0.4 is 10.5 Å². The Bertz CT molecular complexity index is 728. The van der Waals surface area contributed by atoms with Gasteiger partial charge in [-0.15, -0.1) is 0 Å². The van der Waals surface area contributed by atoms with Crippen LogP contribution in [0.25, 0.3) is 0 Å². The SMILES string of the molecule is Cc1[nH]ncc1CCCNS(=O)(=O)c1cc(N)ccc1F. The highest BCUT2D eigenvalue weighted by Gasteiger charge is 2.18. The van der Waals surface area contributed by atoms with Crippen LogP contribution in [-0.2, 0) is 16.4 Å². The molecule has 2 rings (SSSR count). The molecule has 0 unspecified atom stereocenters. The zero-order valence-corrected chi connectivity index (χ0v) is 12.4. The van der Waals surface area contributed by atoms with Gasteiger partial charge in [-0.2, -0.15) is 5.10 Å². The van der Waals surface area contributed by atoms with E-state index in [1.807, 2.05) is 6.92 Å². The molecule has 1 heterocycles. The van der Waals surface area contributed by atoms with E-state index in [2.05, 4.69) is 14.9 Å². The normalized spacial score (nSPS) is 11.7. The number of nitrogen functional groups attached to an aromatic ring is 1. The summed E-state index contributed by atoms with van der Waals surface area (Å²) in [6.45, 7) is 2.11. The minimum Gasteiger partial charge on any atom is -0.399 e. The summed E-state index contributed by atoms with van der Waals surface area (Å²) in [4.78, 5) is -0.429. The van der Waals surface area contributed by atoms with E-state index in [4.69, 9.17) is 5.73 Å². The zero-order valence-electron chi connectivity index (χ0n) is 11.6. The molecule has 0 fully saturated rings. The predicted molar refractivity (Wildman–Crippen MR) is 77.6 cm³/mol. The average Bonchev–Trinajstić information content (AvgIpc) is 2.83. The zero-order chi connectivity index (χ0) is 15.5. The molecule has 0 atom stereocenters. The quantitative estimate of drug-likeness (QED) is 0.553. The van der Waals surface area contributed by atoms with Crippen LogP contribution in [0.3, 0.4) is 0 Å². The number of nitrogens with zero attached hydrogens (tertiary/aromatic N) is 1. The van der Waals surface area contributed by atoms with E-state index < -0.39 is 20.7 Å². The number of aromatic nitrogens is 2. The van der Waals surface area contributed by atoms with E-state index in [-0.39, 0.29) is 12.2 Å². The largest absolute Gasteiger partial charge is 0.399 e. The lowest BCUT2D eigenvalue weighted by molar-refractivity contribution is 0.555. The van der Waals surface area contributed by atoms with Crippen LogP contribution in [0.1, 0.15) is 17.7 Å². The summed E-state index contributed by atoms with van der Waals surface area (Å²) in [5.74, 6) is -0.817. The lowest BCUT2D eigenvalue weighted by atomic mass is 10.1. The predicted octanol–water partition coefficient (Wildman–Crippen LogP) is 1.35. The molecule has 1 aromatic heterocycles. The van der Waals surface area contributed by atoms with E-state index in [0.717, 1.165) is 23.4 Å². The number of aromatic amines is 1. The first kappa shape index (κ1) is 15.5. The van der Waals surface area contributed by atoms with E-state index in [1.165, 1.54) is 6.07 Å². The van der Waals surface area contributed by atoms with Crippen molar-refractivity contribution in [3.63, 3.8) is 0 Å². The van der Waals surface area contributed by atoms with Gasteiger partial charge < -0.3 is 5.73 Å². The third-order valence-electron chi connectivity index (χ3n) is 3.09. The van der Waals surface area contributed by atoms with Gasteiger partial charge in [0.05, 0.1) is 6.20 Å². The van der Waals surface area contributed by atoms with Crippen molar-refractivity contribution in [3.05, 3.63) is 41.5 Å². The highest BCUT2D eigenvalue weighted by Crippen LogP contribution is 2.17. The molecule has 0 aliphatic rings. The van der Waals surface area contributed by atoms with Gasteiger partial charge in [-0.1, -0.05) is 0 Å². The van der Waals surface area contributed by atoms with Gasteiger partial charge in [0.25, 0.3) is 0 Å². The number of sulfonamides is 1. The monoisotopic (exact) mass is 312 g/mol. The molecule has 2 aromatic rings. The van der Waals surface area contributed by atoms with E-state index in [0.29, 0.717) is 12.8 Å². The second kappa shape index (κ2) is 6.23. The Morgan fingerprint density at radius 3 is 2.86 bits per heavy atom. The van der Waals surface area contributed by atoms with E-state index in [9.17, 15) is 12.8 Å². The van der Waals surface area contributed by atoms with Crippen molar-refractivity contribution < 1.29 is 12.8 Å². The van der Waals surface area contributed by atoms with Crippen molar-refractivity contribution in [1.29, 1.82) is 0 Å². The Kier molecular flexibility index (Phi) is 4.59. The molecule has 0 saturated heterocycles. The summed E-state index contributed by atoms with van der Waals surface area (Å²) in [5, 5.41) is 6.70. The summed E-state index contributed by atoms with van der Waals surface area (Å²) in [6.07, 6.45) is 2.98. The molecule has 0 aliphatic carbocycles. The van der Waals surface area contributed by atoms with Crippen molar-refractivity contribution >= 4 is 15.7 Å².